The number of aryl methyl sites for hydroxylation is 2. The first-order valence-corrected chi connectivity index (χ1v) is 8.36. The Hall–Kier alpha value is -1.82. The summed E-state index contributed by atoms with van der Waals surface area (Å²) in [5.41, 5.74) is 3.59. The van der Waals surface area contributed by atoms with Crippen LogP contribution in [0.1, 0.15) is 21.7 Å². The van der Waals surface area contributed by atoms with Crippen molar-refractivity contribution in [3.63, 3.8) is 0 Å². The minimum atomic E-state index is -0.210. The Morgan fingerprint density at radius 3 is 2.67 bits per heavy atom. The zero-order valence-electron chi connectivity index (χ0n) is 13.8. The molecule has 1 atom stereocenters. The van der Waals surface area contributed by atoms with Gasteiger partial charge < -0.3 is 19.4 Å². The predicted octanol–water partition coefficient (Wildman–Crippen LogP) is 2.89. The van der Waals surface area contributed by atoms with E-state index in [9.17, 15) is 4.79 Å². The molecule has 1 fully saturated rings. The van der Waals surface area contributed by atoms with Gasteiger partial charge in [0.25, 0.3) is 5.91 Å². The van der Waals surface area contributed by atoms with Crippen LogP contribution in [0.2, 0.25) is 5.02 Å². The number of hydrogen-bond donors (Lipinski definition) is 1. The first-order valence-electron chi connectivity index (χ1n) is 7.98. The van der Waals surface area contributed by atoms with E-state index in [1.54, 1.807) is 6.07 Å². The normalized spacial score (nSPS) is 17.7. The summed E-state index contributed by atoms with van der Waals surface area (Å²) in [6.07, 6.45) is -0.112. The highest BCUT2D eigenvalue weighted by Crippen LogP contribution is 2.23. The maximum absolute atomic E-state index is 12.5. The summed E-state index contributed by atoms with van der Waals surface area (Å²) in [7, 11) is 0. The lowest BCUT2D eigenvalue weighted by atomic mass is 10.1. The first-order chi connectivity index (χ1) is 11.6. The molecule has 2 aromatic rings. The van der Waals surface area contributed by atoms with Crippen LogP contribution in [0.3, 0.4) is 0 Å². The van der Waals surface area contributed by atoms with Crippen molar-refractivity contribution in [2.75, 3.05) is 26.4 Å². The molecule has 1 saturated heterocycles. The van der Waals surface area contributed by atoms with Gasteiger partial charge in [-0.05, 0) is 44.2 Å². The Balaban J connectivity index is 1.77. The highest BCUT2D eigenvalue weighted by molar-refractivity contribution is 6.33. The number of amides is 1. The quantitative estimate of drug-likeness (QED) is 0.924. The molecule has 5 nitrogen and oxygen atoms in total. The van der Waals surface area contributed by atoms with E-state index in [2.05, 4.69) is 9.88 Å². The Labute approximate surface area is 146 Å². The van der Waals surface area contributed by atoms with Crippen molar-refractivity contribution in [3.05, 3.63) is 52.3 Å². The van der Waals surface area contributed by atoms with Crippen LogP contribution in [0.5, 0.6) is 0 Å². The van der Waals surface area contributed by atoms with E-state index in [0.29, 0.717) is 37.0 Å². The van der Waals surface area contributed by atoms with Crippen LogP contribution in [0.4, 0.5) is 0 Å². The lowest BCUT2D eigenvalue weighted by Crippen LogP contribution is -2.39. The number of carbonyl (C=O) groups excluding carboxylic acids is 1. The minimum absolute atomic E-state index is 0.112. The smallest absolute Gasteiger partial charge is 0.252 e. The predicted molar refractivity (Wildman–Crippen MR) is 93.1 cm³/mol. The summed E-state index contributed by atoms with van der Waals surface area (Å²) in [4.78, 5) is 12.5. The molecule has 1 amide bonds. The molecule has 3 rings (SSSR count). The van der Waals surface area contributed by atoms with Crippen LogP contribution in [0.15, 0.2) is 30.3 Å². The highest BCUT2D eigenvalue weighted by atomic mass is 35.5. The molecule has 1 aromatic heterocycles. The topological polar surface area (TPSA) is 52.5 Å². The van der Waals surface area contributed by atoms with Crippen molar-refractivity contribution in [1.29, 1.82) is 0 Å². The number of hydrogen-bond acceptors (Lipinski definition) is 3. The fourth-order valence-corrected chi connectivity index (χ4v) is 3.06. The maximum Gasteiger partial charge on any atom is 0.252 e. The standard InChI is InChI=1S/C18H21ClN2O3/c1-12-3-4-13(2)21(12)14-5-6-17(19)16(9-14)18(22)20-10-15-11-23-7-8-24-15/h3-6,9,15H,7-8,10-11H2,1-2H3,(H,20,22). The number of ether oxygens (including phenoxy) is 2. The molecule has 24 heavy (non-hydrogen) atoms. The van der Waals surface area contributed by atoms with Gasteiger partial charge in [0.05, 0.1) is 36.5 Å². The van der Waals surface area contributed by atoms with Gasteiger partial charge in [0.1, 0.15) is 0 Å². The third-order valence-corrected chi connectivity index (χ3v) is 4.43. The van der Waals surface area contributed by atoms with E-state index in [1.807, 2.05) is 38.1 Å². The van der Waals surface area contributed by atoms with Crippen LogP contribution in [0, 0.1) is 13.8 Å². The average molecular weight is 349 g/mol. The highest BCUT2D eigenvalue weighted by Gasteiger charge is 2.18. The number of nitrogens with one attached hydrogen (secondary N) is 1. The van der Waals surface area contributed by atoms with E-state index in [0.717, 1.165) is 17.1 Å². The second-order valence-corrected chi connectivity index (χ2v) is 6.30. The molecule has 6 heteroatoms. The van der Waals surface area contributed by atoms with Crippen molar-refractivity contribution in [2.24, 2.45) is 0 Å². The van der Waals surface area contributed by atoms with Crippen molar-refractivity contribution < 1.29 is 14.3 Å². The Bertz CT molecular complexity index is 716. The zero-order valence-corrected chi connectivity index (χ0v) is 14.6. The Kier molecular flexibility index (Phi) is 5.23. The summed E-state index contributed by atoms with van der Waals surface area (Å²) >= 11 is 6.23. The van der Waals surface area contributed by atoms with Crippen LogP contribution >= 0.6 is 11.6 Å². The summed E-state index contributed by atoms with van der Waals surface area (Å²) in [6.45, 7) is 6.12. The lowest BCUT2D eigenvalue weighted by molar-refractivity contribution is -0.0855. The molecular formula is C18H21ClN2O3. The monoisotopic (exact) mass is 348 g/mol. The molecule has 1 aliphatic heterocycles. The van der Waals surface area contributed by atoms with Crippen molar-refractivity contribution in [3.8, 4) is 5.69 Å². The maximum atomic E-state index is 12.5. The molecule has 1 unspecified atom stereocenters. The number of benzene rings is 1. The van der Waals surface area contributed by atoms with Gasteiger partial charge in [0.2, 0.25) is 0 Å². The zero-order chi connectivity index (χ0) is 17.1. The lowest BCUT2D eigenvalue weighted by Gasteiger charge is -2.23. The number of rotatable bonds is 4. The van der Waals surface area contributed by atoms with E-state index in [1.165, 1.54) is 0 Å². The third kappa shape index (κ3) is 3.64. The molecular weight excluding hydrogens is 328 g/mol. The van der Waals surface area contributed by atoms with E-state index in [-0.39, 0.29) is 12.0 Å². The molecule has 2 heterocycles. The van der Waals surface area contributed by atoms with Gasteiger partial charge >= 0.3 is 0 Å². The molecule has 0 aliphatic carbocycles. The summed E-state index contributed by atoms with van der Waals surface area (Å²) in [6, 6.07) is 9.58. The van der Waals surface area contributed by atoms with E-state index >= 15 is 0 Å². The van der Waals surface area contributed by atoms with Crippen molar-refractivity contribution in [2.45, 2.75) is 20.0 Å². The van der Waals surface area contributed by atoms with Crippen LogP contribution in [-0.4, -0.2) is 42.9 Å². The Morgan fingerprint density at radius 2 is 2.00 bits per heavy atom. The van der Waals surface area contributed by atoms with Crippen molar-refractivity contribution in [1.82, 2.24) is 9.88 Å². The summed E-state index contributed by atoms with van der Waals surface area (Å²) in [5, 5.41) is 3.30. The van der Waals surface area contributed by atoms with Crippen LogP contribution in [-0.2, 0) is 9.47 Å². The van der Waals surface area contributed by atoms with E-state index < -0.39 is 0 Å². The first kappa shape index (κ1) is 17.0. The molecule has 0 radical (unpaired) electrons. The third-order valence-electron chi connectivity index (χ3n) is 4.10. The summed E-state index contributed by atoms with van der Waals surface area (Å²) < 4.78 is 13.0. The SMILES string of the molecule is Cc1ccc(C)n1-c1ccc(Cl)c(C(=O)NCC2COCCO2)c1. The van der Waals surface area contributed by atoms with Gasteiger partial charge in [0, 0.05) is 23.6 Å². The van der Waals surface area contributed by atoms with Gasteiger partial charge in [-0.2, -0.15) is 0 Å². The fourth-order valence-electron chi connectivity index (χ4n) is 2.86. The van der Waals surface area contributed by atoms with E-state index in [4.69, 9.17) is 21.1 Å². The Morgan fingerprint density at radius 1 is 1.25 bits per heavy atom. The van der Waals surface area contributed by atoms with Crippen molar-refractivity contribution >= 4 is 17.5 Å². The molecule has 0 spiro atoms. The molecule has 128 valence electrons. The molecule has 1 N–H and O–H groups in total. The second-order valence-electron chi connectivity index (χ2n) is 5.89. The van der Waals surface area contributed by atoms with Gasteiger partial charge in [-0.15, -0.1) is 0 Å². The molecule has 0 saturated carbocycles. The van der Waals surface area contributed by atoms with Gasteiger partial charge in [0.15, 0.2) is 0 Å². The largest absolute Gasteiger partial charge is 0.376 e. The number of aromatic nitrogens is 1. The fraction of sp³-hybridized carbons (Fsp3) is 0.389. The summed E-state index contributed by atoms with van der Waals surface area (Å²) in [5.74, 6) is -0.210. The van der Waals surface area contributed by atoms with Crippen LogP contribution < -0.4 is 5.32 Å². The average Bonchev–Trinajstić information content (AvgIpc) is 2.93. The number of carbonyl (C=O) groups is 1. The van der Waals surface area contributed by atoms with Gasteiger partial charge in [-0.3, -0.25) is 4.79 Å². The van der Waals surface area contributed by atoms with Gasteiger partial charge in [-0.1, -0.05) is 11.6 Å². The molecule has 1 aromatic carbocycles. The number of halogens is 1. The van der Waals surface area contributed by atoms with Gasteiger partial charge in [-0.25, -0.2) is 0 Å². The number of nitrogens with zero attached hydrogens (tertiary/aromatic N) is 1. The second kappa shape index (κ2) is 7.38. The van der Waals surface area contributed by atoms with Crippen LogP contribution in [0.25, 0.3) is 5.69 Å². The molecule has 0 bridgehead atoms. The molecule has 1 aliphatic rings. The minimum Gasteiger partial charge on any atom is -0.376 e.